The van der Waals surface area contributed by atoms with Crippen molar-refractivity contribution in [3.63, 3.8) is 0 Å². The molecule has 0 saturated carbocycles. The molecule has 0 aromatic heterocycles. The van der Waals surface area contributed by atoms with Crippen molar-refractivity contribution in [3.05, 3.63) is 83.4 Å². The van der Waals surface area contributed by atoms with Crippen LogP contribution in [-0.4, -0.2) is 7.05 Å². The molecule has 0 heterocycles. The lowest BCUT2D eigenvalue weighted by Crippen LogP contribution is -2.26. The van der Waals surface area contributed by atoms with E-state index in [9.17, 15) is 8.78 Å². The van der Waals surface area contributed by atoms with Crippen molar-refractivity contribution in [3.8, 4) is 16.9 Å². The number of hydrazine groups is 1. The molecule has 0 saturated heterocycles. The Hall–Kier alpha value is -2.92. The Bertz CT molecular complexity index is 888. The minimum absolute atomic E-state index is 0.0159. The summed E-state index contributed by atoms with van der Waals surface area (Å²) in [5.74, 6) is 3.96. The Labute approximate surface area is 151 Å². The van der Waals surface area contributed by atoms with Gasteiger partial charge in [0.1, 0.15) is 6.61 Å². The van der Waals surface area contributed by atoms with Crippen LogP contribution in [0.3, 0.4) is 0 Å². The number of hydrogen-bond donors (Lipinski definition) is 1. The third-order valence-corrected chi connectivity index (χ3v) is 4.23. The van der Waals surface area contributed by atoms with Gasteiger partial charge in [0, 0.05) is 12.6 Å². The van der Waals surface area contributed by atoms with Crippen LogP contribution in [0, 0.1) is 18.6 Å². The van der Waals surface area contributed by atoms with Gasteiger partial charge in [0.05, 0.1) is 5.69 Å². The zero-order valence-electron chi connectivity index (χ0n) is 14.7. The van der Waals surface area contributed by atoms with Gasteiger partial charge >= 0.3 is 0 Å². The van der Waals surface area contributed by atoms with Gasteiger partial charge in [-0.25, -0.2) is 14.6 Å². The predicted molar refractivity (Wildman–Crippen MR) is 99.9 cm³/mol. The van der Waals surface area contributed by atoms with E-state index in [0.29, 0.717) is 5.56 Å². The topological polar surface area (TPSA) is 38.5 Å². The van der Waals surface area contributed by atoms with Crippen molar-refractivity contribution in [2.24, 2.45) is 5.84 Å². The van der Waals surface area contributed by atoms with Gasteiger partial charge in [-0.2, -0.15) is 0 Å². The molecule has 3 nitrogen and oxygen atoms in total. The van der Waals surface area contributed by atoms with Crippen molar-refractivity contribution in [1.29, 1.82) is 0 Å². The molecule has 3 aromatic rings. The Morgan fingerprint density at radius 2 is 1.58 bits per heavy atom. The lowest BCUT2D eigenvalue weighted by Gasteiger charge is -2.19. The highest BCUT2D eigenvalue weighted by atomic mass is 19.1. The van der Waals surface area contributed by atoms with Gasteiger partial charge < -0.3 is 9.75 Å². The van der Waals surface area contributed by atoms with Crippen molar-refractivity contribution >= 4 is 5.69 Å². The number of benzene rings is 3. The molecule has 0 spiro atoms. The Morgan fingerprint density at radius 1 is 0.923 bits per heavy atom. The molecule has 0 amide bonds. The summed E-state index contributed by atoms with van der Waals surface area (Å²) in [5, 5.41) is 1.46. The highest BCUT2D eigenvalue weighted by molar-refractivity contribution is 5.64. The fraction of sp³-hybridized carbons (Fsp3) is 0.143. The molecule has 0 aliphatic heterocycles. The van der Waals surface area contributed by atoms with E-state index >= 15 is 0 Å². The van der Waals surface area contributed by atoms with E-state index in [2.05, 4.69) is 0 Å². The quantitative estimate of drug-likeness (QED) is 0.527. The average molecular weight is 354 g/mol. The summed E-state index contributed by atoms with van der Waals surface area (Å²) in [7, 11) is 1.70. The van der Waals surface area contributed by atoms with Crippen LogP contribution in [0.25, 0.3) is 11.1 Å². The number of halogens is 2. The number of ether oxygens (including phenoxy) is 1. The van der Waals surface area contributed by atoms with E-state index in [-0.39, 0.29) is 6.61 Å². The van der Waals surface area contributed by atoms with Crippen LogP contribution in [0.1, 0.15) is 11.1 Å². The van der Waals surface area contributed by atoms with Crippen molar-refractivity contribution in [2.45, 2.75) is 13.5 Å². The van der Waals surface area contributed by atoms with Crippen molar-refractivity contribution in [1.82, 2.24) is 0 Å². The molecule has 3 rings (SSSR count). The average Bonchev–Trinajstić information content (AvgIpc) is 2.62. The van der Waals surface area contributed by atoms with Crippen molar-refractivity contribution in [2.75, 3.05) is 12.1 Å². The van der Waals surface area contributed by atoms with Crippen LogP contribution in [-0.2, 0) is 6.61 Å². The summed E-state index contributed by atoms with van der Waals surface area (Å²) in [4.78, 5) is 0. The fourth-order valence-corrected chi connectivity index (χ4v) is 2.84. The molecule has 26 heavy (non-hydrogen) atoms. The van der Waals surface area contributed by atoms with Gasteiger partial charge in [-0.15, -0.1) is 0 Å². The van der Waals surface area contributed by atoms with Gasteiger partial charge in [-0.05, 0) is 41.8 Å². The molecular formula is C21H20F2N2O. The number of nitrogens with zero attached hydrogens (tertiary/aromatic N) is 1. The molecule has 0 aliphatic carbocycles. The predicted octanol–water partition coefficient (Wildman–Crippen LogP) is 4.83. The van der Waals surface area contributed by atoms with E-state index in [4.69, 9.17) is 10.6 Å². The molecule has 0 fully saturated rings. The number of anilines is 1. The second-order valence-electron chi connectivity index (χ2n) is 6.11. The smallest absolute Gasteiger partial charge is 0.191 e. The Kier molecular flexibility index (Phi) is 5.19. The molecule has 134 valence electrons. The zero-order valence-corrected chi connectivity index (χ0v) is 14.7. The Morgan fingerprint density at radius 3 is 2.19 bits per heavy atom. The fourth-order valence-electron chi connectivity index (χ4n) is 2.84. The van der Waals surface area contributed by atoms with E-state index < -0.39 is 17.4 Å². The van der Waals surface area contributed by atoms with Crippen LogP contribution in [0.2, 0.25) is 0 Å². The van der Waals surface area contributed by atoms with Crippen LogP contribution < -0.4 is 15.6 Å². The number of nitrogens with two attached hydrogens (primary N) is 1. The largest absolute Gasteiger partial charge is 0.483 e. The highest BCUT2D eigenvalue weighted by Gasteiger charge is 2.16. The number of hydrogen-bond acceptors (Lipinski definition) is 3. The molecular weight excluding hydrogens is 334 g/mol. The molecule has 0 atom stereocenters. The third kappa shape index (κ3) is 3.68. The molecule has 0 bridgehead atoms. The standard InChI is InChI=1S/C21H20F2N2O/c1-14-7-6-10-20(25(2)24)17(14)13-26-21-18(22)11-16(12-19(21)23)15-8-4-3-5-9-15/h3-12H,13,24H2,1-2H3. The minimum atomic E-state index is -0.736. The van der Waals surface area contributed by atoms with E-state index in [1.807, 2.05) is 43.3 Å². The summed E-state index contributed by atoms with van der Waals surface area (Å²) >= 11 is 0. The van der Waals surface area contributed by atoms with E-state index in [1.165, 1.54) is 17.1 Å². The molecule has 0 radical (unpaired) electrons. The second kappa shape index (κ2) is 7.54. The van der Waals surface area contributed by atoms with Crippen LogP contribution in [0.4, 0.5) is 14.5 Å². The summed E-state index contributed by atoms with van der Waals surface area (Å²) in [5.41, 5.74) is 3.66. The highest BCUT2D eigenvalue weighted by Crippen LogP contribution is 2.30. The first-order valence-corrected chi connectivity index (χ1v) is 8.21. The second-order valence-corrected chi connectivity index (χ2v) is 6.11. The Balaban J connectivity index is 1.88. The van der Waals surface area contributed by atoms with Gasteiger partial charge in [0.2, 0.25) is 0 Å². The first kappa shape index (κ1) is 17.9. The zero-order chi connectivity index (χ0) is 18.7. The van der Waals surface area contributed by atoms with Gasteiger partial charge in [-0.3, -0.25) is 0 Å². The SMILES string of the molecule is Cc1cccc(N(C)N)c1COc1c(F)cc(-c2ccccc2)cc1F. The maximum absolute atomic E-state index is 14.5. The molecule has 5 heteroatoms. The molecule has 2 N–H and O–H groups in total. The van der Waals surface area contributed by atoms with Crippen LogP contribution in [0.5, 0.6) is 5.75 Å². The van der Waals surface area contributed by atoms with Gasteiger partial charge in [0.25, 0.3) is 0 Å². The molecule has 0 unspecified atom stereocenters. The summed E-state index contributed by atoms with van der Waals surface area (Å²) in [6.45, 7) is 1.92. The maximum atomic E-state index is 14.5. The van der Waals surface area contributed by atoms with Crippen LogP contribution >= 0.6 is 0 Å². The first-order valence-electron chi connectivity index (χ1n) is 8.21. The molecule has 3 aromatic carbocycles. The third-order valence-electron chi connectivity index (χ3n) is 4.23. The lowest BCUT2D eigenvalue weighted by atomic mass is 10.1. The first-order chi connectivity index (χ1) is 12.5. The maximum Gasteiger partial charge on any atom is 0.191 e. The van der Waals surface area contributed by atoms with E-state index in [0.717, 1.165) is 22.4 Å². The van der Waals surface area contributed by atoms with Gasteiger partial charge in [0.15, 0.2) is 17.4 Å². The number of rotatable bonds is 5. The number of aryl methyl sites for hydroxylation is 1. The van der Waals surface area contributed by atoms with Crippen molar-refractivity contribution < 1.29 is 13.5 Å². The monoisotopic (exact) mass is 354 g/mol. The lowest BCUT2D eigenvalue weighted by molar-refractivity contribution is 0.274. The molecule has 0 aliphatic rings. The van der Waals surface area contributed by atoms with E-state index in [1.54, 1.807) is 19.2 Å². The van der Waals surface area contributed by atoms with Gasteiger partial charge in [-0.1, -0.05) is 42.5 Å². The van der Waals surface area contributed by atoms with Crippen LogP contribution in [0.15, 0.2) is 60.7 Å². The summed E-state index contributed by atoms with van der Waals surface area (Å²) in [6, 6.07) is 17.2. The summed E-state index contributed by atoms with van der Waals surface area (Å²) < 4.78 is 34.4. The normalized spacial score (nSPS) is 10.7. The minimum Gasteiger partial charge on any atom is -0.483 e. The summed E-state index contributed by atoms with van der Waals surface area (Å²) in [6.07, 6.45) is 0.